The van der Waals surface area contributed by atoms with Gasteiger partial charge in [-0.2, -0.15) is 0 Å². The molecule has 0 bridgehead atoms. The number of carbonyl (C=O) groups excluding carboxylic acids is 2. The Balaban J connectivity index is 1.54. The van der Waals surface area contributed by atoms with Gasteiger partial charge in [-0.15, -0.1) is 22.7 Å². The van der Waals surface area contributed by atoms with Gasteiger partial charge in [-0.25, -0.2) is 9.78 Å². The summed E-state index contributed by atoms with van der Waals surface area (Å²) in [7, 11) is 0. The van der Waals surface area contributed by atoms with Crippen LogP contribution in [0.25, 0.3) is 9.88 Å². The lowest BCUT2D eigenvalue weighted by Gasteiger charge is -2.19. The number of carbonyl (C=O) groups is 2. The maximum absolute atomic E-state index is 12.3. The van der Waals surface area contributed by atoms with Gasteiger partial charge in [0.15, 0.2) is 11.8 Å². The van der Waals surface area contributed by atoms with Gasteiger partial charge in [-0.1, -0.05) is 31.7 Å². The van der Waals surface area contributed by atoms with Crippen LogP contribution < -0.4 is 5.32 Å². The van der Waals surface area contributed by atoms with Crippen LogP contribution in [0.5, 0.6) is 0 Å². The molecule has 1 fully saturated rings. The first-order valence-corrected chi connectivity index (χ1v) is 10.4. The number of aromatic nitrogens is 1. The molecule has 1 amide bonds. The summed E-state index contributed by atoms with van der Waals surface area (Å²) in [6, 6.07) is 4.10. The third kappa shape index (κ3) is 4.89. The molecule has 1 aliphatic rings. The number of ether oxygens (including phenoxy) is 1. The van der Waals surface area contributed by atoms with E-state index in [9.17, 15) is 9.59 Å². The fourth-order valence-corrected chi connectivity index (χ4v) is 4.50. The molecule has 1 atom stereocenters. The van der Waals surface area contributed by atoms with Crippen LogP contribution in [0.2, 0.25) is 0 Å². The van der Waals surface area contributed by atoms with E-state index < -0.39 is 12.1 Å². The van der Waals surface area contributed by atoms with Gasteiger partial charge in [0.05, 0.1) is 4.88 Å². The first kappa shape index (κ1) is 18.1. The van der Waals surface area contributed by atoms with E-state index in [1.165, 1.54) is 24.2 Å². The number of thiophene rings is 1. The van der Waals surface area contributed by atoms with Crippen molar-refractivity contribution in [3.05, 3.63) is 28.6 Å². The average Bonchev–Trinajstić information content (AvgIpc) is 3.23. The van der Waals surface area contributed by atoms with Gasteiger partial charge < -0.3 is 10.1 Å². The Bertz CT molecular complexity index is 704. The van der Waals surface area contributed by atoms with Gasteiger partial charge in [0.2, 0.25) is 0 Å². The molecule has 0 spiro atoms. The molecule has 134 valence electrons. The van der Waals surface area contributed by atoms with Crippen molar-refractivity contribution < 1.29 is 14.3 Å². The lowest BCUT2D eigenvalue weighted by molar-refractivity contribution is -0.129. The molecular formula is C18H22N2O3S2. The van der Waals surface area contributed by atoms with Crippen LogP contribution in [0.3, 0.4) is 0 Å². The van der Waals surface area contributed by atoms with Crippen molar-refractivity contribution in [3.63, 3.8) is 0 Å². The third-order valence-corrected chi connectivity index (χ3v) is 6.18. The molecule has 2 aromatic rings. The summed E-state index contributed by atoms with van der Waals surface area (Å²) in [4.78, 5) is 29.8. The number of esters is 1. The summed E-state index contributed by atoms with van der Waals surface area (Å²) in [6.07, 6.45) is 5.93. The van der Waals surface area contributed by atoms with Crippen LogP contribution in [0.15, 0.2) is 22.9 Å². The third-order valence-electron chi connectivity index (χ3n) is 4.30. The minimum absolute atomic E-state index is 0.195. The smallest absolute Gasteiger partial charge is 0.358 e. The molecule has 2 aromatic heterocycles. The van der Waals surface area contributed by atoms with Gasteiger partial charge >= 0.3 is 5.97 Å². The Morgan fingerprint density at radius 3 is 2.68 bits per heavy atom. The van der Waals surface area contributed by atoms with E-state index in [1.807, 2.05) is 17.5 Å². The normalized spacial score (nSPS) is 16.8. The van der Waals surface area contributed by atoms with Gasteiger partial charge in [0, 0.05) is 11.4 Å². The minimum atomic E-state index is -0.817. The van der Waals surface area contributed by atoms with Gasteiger partial charge in [-0.05, 0) is 31.2 Å². The highest BCUT2D eigenvalue weighted by atomic mass is 32.1. The monoisotopic (exact) mass is 378 g/mol. The number of nitrogens with one attached hydrogen (secondary N) is 1. The van der Waals surface area contributed by atoms with E-state index in [4.69, 9.17) is 4.74 Å². The van der Waals surface area contributed by atoms with Crippen LogP contribution in [0.1, 0.15) is 55.9 Å². The first-order chi connectivity index (χ1) is 12.1. The molecule has 1 saturated carbocycles. The molecule has 0 aliphatic heterocycles. The van der Waals surface area contributed by atoms with E-state index in [2.05, 4.69) is 10.3 Å². The van der Waals surface area contributed by atoms with Gasteiger partial charge in [0.25, 0.3) is 5.91 Å². The summed E-state index contributed by atoms with van der Waals surface area (Å²) in [6.45, 7) is 1.61. The standard InChI is InChI=1S/C18H22N2O3S2/c1-12(16(21)19-13-7-4-2-3-5-8-13)23-18(22)14-11-25-17(20-14)15-9-6-10-24-15/h6,9-13H,2-5,7-8H2,1H3,(H,19,21)/t12-/m0/s1. The summed E-state index contributed by atoms with van der Waals surface area (Å²) in [5.41, 5.74) is 0.252. The fourth-order valence-electron chi connectivity index (χ4n) is 2.90. The van der Waals surface area contributed by atoms with E-state index in [0.717, 1.165) is 35.6 Å². The van der Waals surface area contributed by atoms with Crippen molar-refractivity contribution >= 4 is 34.6 Å². The van der Waals surface area contributed by atoms with Gasteiger partial charge in [-0.3, -0.25) is 4.79 Å². The zero-order valence-electron chi connectivity index (χ0n) is 14.2. The highest BCUT2D eigenvalue weighted by Gasteiger charge is 2.23. The molecule has 0 aromatic carbocycles. The Morgan fingerprint density at radius 1 is 1.24 bits per heavy atom. The predicted molar refractivity (Wildman–Crippen MR) is 99.9 cm³/mol. The fraction of sp³-hybridized carbons (Fsp3) is 0.500. The molecule has 1 N–H and O–H groups in total. The summed E-state index contributed by atoms with van der Waals surface area (Å²) < 4.78 is 5.30. The zero-order chi connectivity index (χ0) is 17.6. The number of rotatable bonds is 5. The molecule has 25 heavy (non-hydrogen) atoms. The molecule has 3 rings (SSSR count). The summed E-state index contributed by atoms with van der Waals surface area (Å²) in [5, 5.41) is 7.44. The molecule has 7 heteroatoms. The topological polar surface area (TPSA) is 68.3 Å². The second-order valence-corrected chi connectivity index (χ2v) is 8.07. The van der Waals surface area contributed by atoms with Crippen molar-refractivity contribution in [3.8, 4) is 9.88 Å². The van der Waals surface area contributed by atoms with Crippen molar-refractivity contribution in [2.45, 2.75) is 57.6 Å². The Morgan fingerprint density at radius 2 is 2.00 bits per heavy atom. The van der Waals surface area contributed by atoms with Crippen molar-refractivity contribution in [2.24, 2.45) is 0 Å². The van der Waals surface area contributed by atoms with Gasteiger partial charge in [0.1, 0.15) is 5.01 Å². The quantitative estimate of drug-likeness (QED) is 0.624. The Hall–Kier alpha value is -1.73. The largest absolute Gasteiger partial charge is 0.448 e. The second-order valence-electron chi connectivity index (χ2n) is 6.26. The van der Waals surface area contributed by atoms with E-state index in [-0.39, 0.29) is 17.6 Å². The Labute approximate surface area is 155 Å². The second kappa shape index (κ2) is 8.58. The highest BCUT2D eigenvalue weighted by molar-refractivity contribution is 7.20. The number of hydrogen-bond acceptors (Lipinski definition) is 6. The number of amides is 1. The van der Waals surface area contributed by atoms with Crippen LogP contribution >= 0.6 is 22.7 Å². The molecule has 0 radical (unpaired) electrons. The van der Waals surface area contributed by atoms with Crippen LogP contribution in [-0.2, 0) is 9.53 Å². The lowest BCUT2D eigenvalue weighted by atomic mass is 10.1. The molecule has 0 saturated heterocycles. The average molecular weight is 379 g/mol. The molecule has 2 heterocycles. The minimum Gasteiger partial charge on any atom is -0.448 e. The number of nitrogens with zero attached hydrogens (tertiary/aromatic N) is 1. The summed E-state index contributed by atoms with van der Waals surface area (Å²) in [5.74, 6) is -0.781. The molecular weight excluding hydrogens is 356 g/mol. The molecule has 5 nitrogen and oxygen atoms in total. The predicted octanol–water partition coefficient (Wildman–Crippen LogP) is 4.26. The summed E-state index contributed by atoms with van der Waals surface area (Å²) >= 11 is 2.97. The maximum Gasteiger partial charge on any atom is 0.358 e. The van der Waals surface area contributed by atoms with Crippen LogP contribution in [0.4, 0.5) is 0 Å². The van der Waals surface area contributed by atoms with E-state index in [0.29, 0.717) is 0 Å². The zero-order valence-corrected chi connectivity index (χ0v) is 15.8. The highest BCUT2D eigenvalue weighted by Crippen LogP contribution is 2.28. The SMILES string of the molecule is C[C@H](OC(=O)c1csc(-c2cccs2)n1)C(=O)NC1CCCCCC1. The van der Waals surface area contributed by atoms with Crippen molar-refractivity contribution in [2.75, 3.05) is 0 Å². The van der Waals surface area contributed by atoms with Crippen molar-refractivity contribution in [1.82, 2.24) is 10.3 Å². The number of hydrogen-bond donors (Lipinski definition) is 1. The van der Waals surface area contributed by atoms with Crippen LogP contribution in [-0.4, -0.2) is 29.0 Å². The van der Waals surface area contributed by atoms with Crippen LogP contribution in [0, 0.1) is 0 Å². The Kier molecular flexibility index (Phi) is 6.20. The number of thiazole rings is 1. The maximum atomic E-state index is 12.3. The molecule has 1 aliphatic carbocycles. The van der Waals surface area contributed by atoms with E-state index in [1.54, 1.807) is 23.6 Å². The first-order valence-electron chi connectivity index (χ1n) is 8.64. The lowest BCUT2D eigenvalue weighted by Crippen LogP contribution is -2.41. The van der Waals surface area contributed by atoms with E-state index >= 15 is 0 Å². The van der Waals surface area contributed by atoms with Crippen molar-refractivity contribution in [1.29, 1.82) is 0 Å². The molecule has 0 unspecified atom stereocenters.